The average molecular weight is 301 g/mol. The number of nitrogens with zero attached hydrogens (tertiary/aromatic N) is 2. The van der Waals surface area contributed by atoms with Gasteiger partial charge in [-0.25, -0.2) is 4.39 Å². The first-order valence-electron chi connectivity index (χ1n) is 7.02. The van der Waals surface area contributed by atoms with E-state index in [9.17, 15) is 4.39 Å². The zero-order valence-electron chi connectivity index (χ0n) is 12.3. The van der Waals surface area contributed by atoms with Crippen molar-refractivity contribution in [1.82, 2.24) is 15.5 Å². The summed E-state index contributed by atoms with van der Waals surface area (Å²) < 4.78 is 24.6. The highest BCUT2D eigenvalue weighted by Gasteiger charge is 2.16. The third kappa shape index (κ3) is 2.92. The van der Waals surface area contributed by atoms with Crippen molar-refractivity contribution < 1.29 is 13.3 Å². The van der Waals surface area contributed by atoms with Crippen LogP contribution >= 0.6 is 0 Å². The highest BCUT2D eigenvalue weighted by molar-refractivity contribution is 5.61. The number of likely N-dealkylation sites (N-methyl/N-ethyl adjacent to an activating group) is 1. The fraction of sp³-hybridized carbons (Fsp3) is 0.250. The number of benzene rings is 1. The van der Waals surface area contributed by atoms with Crippen molar-refractivity contribution in [2.45, 2.75) is 19.4 Å². The maximum atomic E-state index is 13.8. The van der Waals surface area contributed by atoms with Crippen molar-refractivity contribution in [3.05, 3.63) is 48.0 Å². The maximum absolute atomic E-state index is 13.8. The fourth-order valence-electron chi connectivity index (χ4n) is 2.07. The number of furan rings is 1. The molecule has 1 atom stereocenters. The van der Waals surface area contributed by atoms with Crippen molar-refractivity contribution in [2.75, 3.05) is 7.05 Å². The smallest absolute Gasteiger partial charge is 0.293 e. The van der Waals surface area contributed by atoms with Crippen LogP contribution in [0, 0.1) is 5.82 Å². The molecule has 22 heavy (non-hydrogen) atoms. The average Bonchev–Trinajstić information content (AvgIpc) is 3.16. The number of hydrogen-bond acceptors (Lipinski definition) is 5. The van der Waals surface area contributed by atoms with Crippen molar-refractivity contribution in [2.24, 2.45) is 0 Å². The lowest BCUT2D eigenvalue weighted by Gasteiger charge is -2.04. The molecule has 1 N–H and O–H groups in total. The Bertz CT molecular complexity index is 766. The minimum atomic E-state index is -0.336. The van der Waals surface area contributed by atoms with Gasteiger partial charge in [0.1, 0.15) is 11.6 Å². The Balaban J connectivity index is 1.84. The van der Waals surface area contributed by atoms with E-state index in [0.29, 0.717) is 35.2 Å². The molecule has 114 valence electrons. The summed E-state index contributed by atoms with van der Waals surface area (Å²) in [5.74, 6) is 1.41. The molecule has 2 heterocycles. The van der Waals surface area contributed by atoms with Gasteiger partial charge in [0, 0.05) is 12.5 Å². The molecule has 6 heteroatoms. The molecule has 0 aliphatic rings. The van der Waals surface area contributed by atoms with E-state index in [4.69, 9.17) is 8.94 Å². The number of aromatic nitrogens is 2. The molecule has 0 aliphatic carbocycles. The second kappa shape index (κ2) is 6.11. The molecule has 0 aliphatic heterocycles. The fourth-order valence-corrected chi connectivity index (χ4v) is 2.07. The molecular weight excluding hydrogens is 285 g/mol. The first-order chi connectivity index (χ1) is 10.7. The quantitative estimate of drug-likeness (QED) is 0.783. The van der Waals surface area contributed by atoms with E-state index in [1.807, 2.05) is 14.0 Å². The van der Waals surface area contributed by atoms with Gasteiger partial charge in [0.15, 0.2) is 11.6 Å². The van der Waals surface area contributed by atoms with Gasteiger partial charge in [-0.1, -0.05) is 17.3 Å². The highest BCUT2D eigenvalue weighted by atomic mass is 19.1. The standard InChI is InChI=1S/C16H16FN3O2/c1-10(18-2)9-15-19-16(22-20-15)14-8-7-13(21-14)11-5-3-4-6-12(11)17/h3-8,10,18H,9H2,1-2H3. The van der Waals surface area contributed by atoms with E-state index < -0.39 is 0 Å². The molecule has 0 saturated carbocycles. The van der Waals surface area contributed by atoms with Crippen LogP contribution in [0.2, 0.25) is 0 Å². The van der Waals surface area contributed by atoms with Crippen LogP contribution in [0.5, 0.6) is 0 Å². The lowest BCUT2D eigenvalue weighted by molar-refractivity contribution is 0.406. The maximum Gasteiger partial charge on any atom is 0.293 e. The van der Waals surface area contributed by atoms with Gasteiger partial charge >= 0.3 is 0 Å². The van der Waals surface area contributed by atoms with Crippen LogP contribution in [0.4, 0.5) is 4.39 Å². The minimum absolute atomic E-state index is 0.246. The molecule has 3 aromatic rings. The van der Waals surface area contributed by atoms with Crippen LogP contribution in [0.3, 0.4) is 0 Å². The molecule has 0 bridgehead atoms. The van der Waals surface area contributed by atoms with Gasteiger partial charge in [-0.15, -0.1) is 0 Å². The Morgan fingerprint density at radius 3 is 2.73 bits per heavy atom. The first-order valence-corrected chi connectivity index (χ1v) is 7.02. The Labute approximate surface area is 127 Å². The summed E-state index contributed by atoms with van der Waals surface area (Å²) in [5.41, 5.74) is 0.400. The normalized spacial score (nSPS) is 12.5. The largest absolute Gasteiger partial charge is 0.451 e. The molecule has 0 fully saturated rings. The molecule has 0 radical (unpaired) electrons. The topological polar surface area (TPSA) is 64.1 Å². The van der Waals surface area contributed by atoms with Gasteiger partial charge in [0.25, 0.3) is 5.89 Å². The monoisotopic (exact) mass is 301 g/mol. The van der Waals surface area contributed by atoms with Gasteiger partial charge < -0.3 is 14.3 Å². The number of halogens is 1. The van der Waals surface area contributed by atoms with Crippen molar-refractivity contribution >= 4 is 0 Å². The van der Waals surface area contributed by atoms with Crippen LogP contribution in [-0.4, -0.2) is 23.2 Å². The Morgan fingerprint density at radius 2 is 1.95 bits per heavy atom. The third-order valence-corrected chi connectivity index (χ3v) is 3.41. The van der Waals surface area contributed by atoms with Gasteiger partial charge in [0.2, 0.25) is 0 Å². The van der Waals surface area contributed by atoms with Gasteiger partial charge in [-0.2, -0.15) is 4.98 Å². The summed E-state index contributed by atoms with van der Waals surface area (Å²) >= 11 is 0. The minimum Gasteiger partial charge on any atom is -0.451 e. The zero-order valence-corrected chi connectivity index (χ0v) is 12.3. The van der Waals surface area contributed by atoms with Gasteiger partial charge in [-0.3, -0.25) is 0 Å². The second-order valence-electron chi connectivity index (χ2n) is 5.05. The van der Waals surface area contributed by atoms with E-state index in [0.717, 1.165) is 0 Å². The SMILES string of the molecule is CNC(C)Cc1noc(-c2ccc(-c3ccccc3F)o2)n1. The Kier molecular flexibility index (Phi) is 4.02. The van der Waals surface area contributed by atoms with Crippen molar-refractivity contribution in [3.8, 4) is 23.0 Å². The number of nitrogens with one attached hydrogen (secondary N) is 1. The summed E-state index contributed by atoms with van der Waals surface area (Å²) in [4.78, 5) is 4.29. The second-order valence-corrected chi connectivity index (χ2v) is 5.05. The molecule has 0 saturated heterocycles. The molecule has 0 spiro atoms. The predicted molar refractivity (Wildman–Crippen MR) is 79.6 cm³/mol. The first kappa shape index (κ1) is 14.5. The predicted octanol–water partition coefficient (Wildman–Crippen LogP) is 3.29. The van der Waals surface area contributed by atoms with E-state index in [-0.39, 0.29) is 11.9 Å². The van der Waals surface area contributed by atoms with Crippen molar-refractivity contribution in [3.63, 3.8) is 0 Å². The summed E-state index contributed by atoms with van der Waals surface area (Å²) in [6.07, 6.45) is 0.654. The molecule has 0 amide bonds. The summed E-state index contributed by atoms with van der Waals surface area (Å²) in [7, 11) is 1.87. The molecule has 2 aromatic heterocycles. The molecule has 3 rings (SSSR count). The zero-order chi connectivity index (χ0) is 15.5. The molecular formula is C16H16FN3O2. The Morgan fingerprint density at radius 1 is 1.18 bits per heavy atom. The lowest BCUT2D eigenvalue weighted by atomic mass is 10.1. The van der Waals surface area contributed by atoms with E-state index in [1.165, 1.54) is 6.07 Å². The van der Waals surface area contributed by atoms with Crippen LogP contribution in [-0.2, 0) is 6.42 Å². The highest BCUT2D eigenvalue weighted by Crippen LogP contribution is 2.29. The number of rotatable bonds is 5. The van der Waals surface area contributed by atoms with Gasteiger partial charge in [0.05, 0.1) is 5.56 Å². The molecule has 1 unspecified atom stereocenters. The van der Waals surface area contributed by atoms with E-state index >= 15 is 0 Å². The van der Waals surface area contributed by atoms with E-state index in [1.54, 1.807) is 30.3 Å². The van der Waals surface area contributed by atoms with Crippen LogP contribution < -0.4 is 5.32 Å². The summed E-state index contributed by atoms with van der Waals surface area (Å²) in [6, 6.07) is 10.1. The van der Waals surface area contributed by atoms with E-state index in [2.05, 4.69) is 15.5 Å². The third-order valence-electron chi connectivity index (χ3n) is 3.41. The van der Waals surface area contributed by atoms with Crippen LogP contribution in [0.15, 0.2) is 45.3 Å². The molecule has 1 aromatic carbocycles. The van der Waals surface area contributed by atoms with Gasteiger partial charge in [-0.05, 0) is 38.2 Å². The van der Waals surface area contributed by atoms with Crippen LogP contribution in [0.1, 0.15) is 12.7 Å². The summed E-state index contributed by atoms with van der Waals surface area (Å²) in [6.45, 7) is 2.03. The lowest BCUT2D eigenvalue weighted by Crippen LogP contribution is -2.24. The number of hydrogen-bond donors (Lipinski definition) is 1. The van der Waals surface area contributed by atoms with Crippen LogP contribution in [0.25, 0.3) is 23.0 Å². The molecule has 5 nitrogen and oxygen atoms in total. The van der Waals surface area contributed by atoms with Crippen molar-refractivity contribution in [1.29, 1.82) is 0 Å². The summed E-state index contributed by atoms with van der Waals surface area (Å²) in [5, 5.41) is 7.03. The Hall–Kier alpha value is -2.47.